The minimum absolute atomic E-state index is 0.0221. The van der Waals surface area contributed by atoms with Crippen molar-refractivity contribution in [2.75, 3.05) is 79.2 Å². The maximum absolute atomic E-state index is 12.6. The monoisotopic (exact) mass is 1900 g/mol. The van der Waals surface area contributed by atoms with Crippen LogP contribution in [0.1, 0.15) is 257 Å². The maximum Gasteiger partial charge on any atom is 0.471 e. The molecule has 0 aromatic heterocycles. The van der Waals surface area contributed by atoms with Crippen molar-refractivity contribution < 1.29 is 163 Å². The molecule has 2 unspecified atom stereocenters. The molecule has 0 aliphatic rings. The summed E-state index contributed by atoms with van der Waals surface area (Å²) >= 11 is 6.14. The first-order valence-electron chi connectivity index (χ1n) is 41.1. The fraction of sp³-hybridized carbons (Fsp3) is 0.857. The molecule has 0 radical (unpaired) electrons. The highest BCUT2D eigenvalue weighted by atomic mass is 35.7. The number of aliphatic hydroxyl groups excluding tert-OH is 5. The highest BCUT2D eigenvalue weighted by molar-refractivity contribution is 7.78. The van der Waals surface area contributed by atoms with Gasteiger partial charge in [0.2, 0.25) is 20.7 Å². The van der Waals surface area contributed by atoms with Crippen LogP contribution >= 0.6 is 27.4 Å². The molecular weight excluding hydrogens is 1770 g/mol. The molecule has 0 saturated carbocycles. The lowest BCUT2D eigenvalue weighted by molar-refractivity contribution is -0.175. The van der Waals surface area contributed by atoms with Gasteiger partial charge in [-0.25, -0.2) is 22.5 Å². The summed E-state index contributed by atoms with van der Waals surface area (Å²) in [6.07, 6.45) is -11.3. The molecule has 5 amide bonds. The Balaban J connectivity index is -0.000000266. The number of carboxylic acid groups (broad SMARTS) is 1. The molecule has 0 aromatic carbocycles. The molecule has 0 rings (SSSR count). The lowest BCUT2D eigenvalue weighted by Crippen LogP contribution is -2.45. The number of amides is 5. The topological polar surface area (TPSA) is 423 Å². The molecule has 30 nitrogen and oxygen atoms in total. The second kappa shape index (κ2) is 79.1. The number of nitrogens with one attached hydrogen (secondary N) is 5. The zero-order chi connectivity index (χ0) is 98.1. The number of carbonyl (C=O) groups is 9. The summed E-state index contributed by atoms with van der Waals surface area (Å²) in [5.74, 6) is -13.0. The lowest BCUT2D eigenvalue weighted by Gasteiger charge is -2.36. The molecule has 13 N–H and O–H groups in total. The van der Waals surface area contributed by atoms with Gasteiger partial charge >= 0.3 is 78.3 Å². The van der Waals surface area contributed by atoms with E-state index in [0.29, 0.717) is 76.6 Å². The quantitative estimate of drug-likeness (QED) is 0.00884. The molecule has 0 spiro atoms. The average Bonchev–Trinajstić information content (AvgIpc) is 0.918. The molecule has 0 bridgehead atoms. The molecule has 125 heavy (non-hydrogen) atoms. The van der Waals surface area contributed by atoms with Crippen molar-refractivity contribution in [2.24, 2.45) is 5.73 Å². The van der Waals surface area contributed by atoms with Crippen molar-refractivity contribution in [3.05, 3.63) is 22.8 Å². The van der Waals surface area contributed by atoms with Gasteiger partial charge in [-0.05, 0) is 138 Å². The van der Waals surface area contributed by atoms with Crippen LogP contribution in [0.3, 0.4) is 0 Å². The Morgan fingerprint density at radius 2 is 0.680 bits per heavy atom. The number of aliphatic hydroxyl groups is 5. The van der Waals surface area contributed by atoms with Crippen molar-refractivity contribution in [3.63, 3.8) is 0 Å². The number of hydrogen-bond acceptors (Lipinski definition) is 22. The summed E-state index contributed by atoms with van der Waals surface area (Å²) in [6.45, 7) is 38.4. The summed E-state index contributed by atoms with van der Waals surface area (Å²) in [5, 5.41) is 60.1. The number of ether oxygens (including phenoxy) is 2. The van der Waals surface area contributed by atoms with Gasteiger partial charge < -0.3 is 100 Å². The van der Waals surface area contributed by atoms with Crippen LogP contribution in [0.15, 0.2) is 0 Å². The molecule has 48 heteroatoms. The Bertz CT molecular complexity index is 2770. The largest absolute Gasteiger partial charge is 0.481 e. The number of nitrogens with zero attached hydrogens (tertiary/aromatic N) is 4. The van der Waals surface area contributed by atoms with Gasteiger partial charge in [-0.3, -0.25) is 38.4 Å². The normalized spacial score (nSPS) is 13.4. The van der Waals surface area contributed by atoms with Crippen molar-refractivity contribution >= 4 is 80.6 Å². The summed E-state index contributed by atoms with van der Waals surface area (Å²) in [6, 6.07) is -3.50. The van der Waals surface area contributed by atoms with Gasteiger partial charge in [0, 0.05) is 49.8 Å². The van der Waals surface area contributed by atoms with Gasteiger partial charge in [0.1, 0.15) is 32.2 Å². The molecule has 0 aliphatic heterocycles. The van der Waals surface area contributed by atoms with Crippen LogP contribution in [-0.2, 0) is 66.2 Å². The number of alkyl halides is 15. The van der Waals surface area contributed by atoms with E-state index in [1.54, 1.807) is 16.0 Å². The molecule has 0 saturated heterocycles. The third-order valence-corrected chi connectivity index (χ3v) is 20.6. The second-order valence-electron chi connectivity index (χ2n) is 28.9. The Kier molecular flexibility index (Phi) is 83.6. The van der Waals surface area contributed by atoms with Gasteiger partial charge in [-0.2, -0.15) is 65.9 Å². The van der Waals surface area contributed by atoms with E-state index in [9.17, 15) is 109 Å². The number of carbonyl (C=O) groups excluding carboxylic acids is 8. The second-order valence-corrected chi connectivity index (χ2v) is 32.4. The molecule has 738 valence electrons. The number of nitrogens with two attached hydrogens (primary N) is 1. The van der Waals surface area contributed by atoms with E-state index >= 15 is 0 Å². The van der Waals surface area contributed by atoms with Crippen LogP contribution in [0.2, 0.25) is 0 Å². The zero-order valence-electron chi connectivity index (χ0n) is 73.9. The Hall–Kier alpha value is -5.93. The SMILES string of the molecule is CCCCC[C@@H](CO)NC(=O)C(F)(F)F.CCCCC[C@@H](COC(=O)CCC(=O)O)NC(=O)C(F)(F)F.CCCCC[C@@H](COC(=O)CCC(C)=O)NC(=O)C(F)(F)F.N[C@H](CO)CCCCO.O=C(N[C@H](CO)CCCCO)C(F)(F)F.[C-]#[N+]CCOP(Cl)N(C(C)C)C(C)C.[C-]#[N+]CCOP(OC[C@H](CCCCC)NC(=O)C(F)(F)F)N(C(C)C)C(C)C. The fourth-order valence-electron chi connectivity index (χ4n) is 9.69. The van der Waals surface area contributed by atoms with Crippen LogP contribution in [-0.4, -0.2) is 264 Å². The number of aliphatic carboxylic acids is 1. The maximum atomic E-state index is 12.6. The zero-order valence-corrected chi connectivity index (χ0v) is 76.4. The first-order chi connectivity index (χ1) is 58.0. The van der Waals surface area contributed by atoms with Crippen molar-refractivity contribution in [1.29, 1.82) is 0 Å². The highest BCUT2D eigenvalue weighted by Gasteiger charge is 2.44. The summed E-state index contributed by atoms with van der Waals surface area (Å²) in [7, 11) is -2.63. The molecular formula is C77H138ClF15N10O20P2. The van der Waals surface area contributed by atoms with Crippen LogP contribution in [0, 0.1) is 13.1 Å². The van der Waals surface area contributed by atoms with E-state index < -0.39 is 151 Å². The molecule has 8 atom stereocenters. The number of halogens is 16. The Labute approximate surface area is 732 Å². The third-order valence-electron chi connectivity index (χ3n) is 16.0. The van der Waals surface area contributed by atoms with E-state index in [-0.39, 0.29) is 109 Å². The van der Waals surface area contributed by atoms with Crippen molar-refractivity contribution in [1.82, 2.24) is 35.9 Å². The highest BCUT2D eigenvalue weighted by Crippen LogP contribution is 2.49. The number of rotatable bonds is 57. The summed E-state index contributed by atoms with van der Waals surface area (Å²) in [4.78, 5) is 104. The van der Waals surface area contributed by atoms with Crippen LogP contribution in [0.4, 0.5) is 65.9 Å². The van der Waals surface area contributed by atoms with E-state index in [2.05, 4.69) is 42.1 Å². The first-order valence-corrected chi connectivity index (χ1v) is 44.3. The number of unbranched alkanes of at least 4 members (excludes halogenated alkanes) is 10. The predicted octanol–water partition coefficient (Wildman–Crippen LogP) is 14.2. The van der Waals surface area contributed by atoms with E-state index in [1.807, 2.05) is 70.7 Å². The van der Waals surface area contributed by atoms with E-state index in [4.69, 9.17) is 83.8 Å². The average molecular weight is 1910 g/mol. The van der Waals surface area contributed by atoms with Crippen molar-refractivity contribution in [3.8, 4) is 0 Å². The van der Waals surface area contributed by atoms with Gasteiger partial charge in [0.05, 0.1) is 75.9 Å². The van der Waals surface area contributed by atoms with E-state index in [1.165, 1.54) is 6.92 Å². The van der Waals surface area contributed by atoms with Crippen LogP contribution < -0.4 is 32.3 Å². The Morgan fingerprint density at radius 3 is 0.944 bits per heavy atom. The van der Waals surface area contributed by atoms with Gasteiger partial charge in [0.15, 0.2) is 0 Å². The third kappa shape index (κ3) is 82.2. The number of carboxylic acids is 1. The number of ketones is 1. The number of hydrogen-bond donors (Lipinski definition) is 12. The van der Waals surface area contributed by atoms with Crippen molar-refractivity contribution in [2.45, 2.75) is 348 Å². The summed E-state index contributed by atoms with van der Waals surface area (Å²) < 4.78 is 213. The van der Waals surface area contributed by atoms with Crippen LogP contribution in [0.25, 0.3) is 9.69 Å². The Morgan fingerprint density at radius 1 is 0.400 bits per heavy atom. The van der Waals surface area contributed by atoms with Gasteiger partial charge in [-0.15, -0.1) is 0 Å². The lowest BCUT2D eigenvalue weighted by atomic mass is 10.1. The smallest absolute Gasteiger partial charge is 0.471 e. The molecule has 0 aliphatic carbocycles. The predicted molar refractivity (Wildman–Crippen MR) is 441 cm³/mol. The summed E-state index contributed by atoms with van der Waals surface area (Å²) in [5.41, 5.74) is 5.38. The molecule has 0 fully saturated rings. The minimum Gasteiger partial charge on any atom is -0.481 e. The molecule has 0 heterocycles. The molecule has 0 aromatic rings. The number of esters is 2. The number of Topliss-reactive ketones (excluding diaryl/α,β-unsaturated/α-hetero) is 1. The van der Waals surface area contributed by atoms with Crippen LogP contribution in [0.5, 0.6) is 0 Å². The fourth-order valence-corrected chi connectivity index (χ4v) is 13.7. The van der Waals surface area contributed by atoms with E-state index in [0.717, 1.165) is 70.6 Å². The van der Waals surface area contributed by atoms with Gasteiger partial charge in [0.25, 0.3) is 8.53 Å². The van der Waals surface area contributed by atoms with Gasteiger partial charge in [-0.1, -0.05) is 105 Å². The minimum atomic E-state index is -5.00. The standard InChI is InChI=1S/C18H33F3N3O3P.C14H22F3NO4.C13H20F3NO5.C9H18ClN2OP.C9H16F3NO2.C8H14F3NO3.C6H15NO2/c1-7-8-9-10-16(23-17(25)18(19,20)21)13-27-28(26-12-11-22-6)24(14(2)3)15(4)5;1-3-4-5-6-11(18-13(21)14(15,16)17)9-22-12(20)8-7-10(2)19;1-2-3-4-5-9(17-12(21)13(14,15)16)8-22-11(20)7-6-10(18)19;1-8(2)12(9(3)4)14(10)13-7-6-11-5;1-2-3-4-5-7(6-14)13-8(15)9(10,11)12;9-8(10,11)7(15)12-6(5-14)3-1-2-4-13;7-6(5-9)3-1-2-4-8/h14-16H,7-13H2,1-5H3,(H,23,25);11H,3-9H2,1-2H3,(H,18,21);9H,2-8H2,1H3,(H,17,21)(H,18,19);8-9H,6-7H2,1-4H3;7,14H,2-6H2,1H3,(H,13,15);6,13-14H,1-5H2,(H,12,15);6,8-9H,1-5,7H2/t16-,28?;11-;9-;;7-;2*6-/m000.000/s1. The first kappa shape index (κ1) is 132.